The molecule has 1 heterocycles. The molecule has 1 aromatic heterocycles. The van der Waals surface area contributed by atoms with Gasteiger partial charge in [-0.2, -0.15) is 4.98 Å². The molecule has 1 unspecified atom stereocenters. The number of halogens is 1. The van der Waals surface area contributed by atoms with Crippen molar-refractivity contribution in [1.29, 1.82) is 4.78 Å². The van der Waals surface area contributed by atoms with E-state index in [1.165, 1.54) is 6.26 Å². The summed E-state index contributed by atoms with van der Waals surface area (Å²) in [5, 5.41) is 6.46. The van der Waals surface area contributed by atoms with Crippen molar-refractivity contribution in [3.8, 4) is 16.9 Å². The van der Waals surface area contributed by atoms with Gasteiger partial charge in [0, 0.05) is 51.5 Å². The van der Waals surface area contributed by atoms with E-state index < -0.39 is 16.7 Å². The fraction of sp³-hybridized carbons (Fsp3) is 0.154. The minimum Gasteiger partial charge on any atom is -0.494 e. The Kier molecular flexibility index (Phi) is 8.53. The number of hydrogen-bond acceptors (Lipinski definition) is 9. The van der Waals surface area contributed by atoms with Gasteiger partial charge in [-0.15, -0.1) is 0 Å². The number of hydrogen-bond donors (Lipinski definition) is 3. The molecule has 0 fully saturated rings. The minimum absolute atomic E-state index is 0.259. The Morgan fingerprint density at radius 3 is 2.32 bits per heavy atom. The van der Waals surface area contributed by atoms with Gasteiger partial charge in [0.15, 0.2) is 9.84 Å². The van der Waals surface area contributed by atoms with Gasteiger partial charge < -0.3 is 15.4 Å². The topological polar surface area (TPSA) is 134 Å². The third kappa shape index (κ3) is 7.20. The van der Waals surface area contributed by atoms with Crippen molar-refractivity contribution in [2.75, 3.05) is 23.5 Å². The summed E-state index contributed by atoms with van der Waals surface area (Å²) in [6.45, 7) is -0.00262. The van der Waals surface area contributed by atoms with Gasteiger partial charge in [-0.25, -0.2) is 22.4 Å². The first kappa shape index (κ1) is 27.8. The van der Waals surface area contributed by atoms with Gasteiger partial charge in [0.05, 0.1) is 16.4 Å². The lowest BCUT2D eigenvalue weighted by molar-refractivity contribution is 0.340. The third-order valence-electron chi connectivity index (χ3n) is 5.47. The van der Waals surface area contributed by atoms with Crippen LogP contribution in [0.5, 0.6) is 5.75 Å². The van der Waals surface area contributed by atoms with Crippen LogP contribution in [0.4, 0.5) is 17.5 Å². The molecule has 0 spiro atoms. The maximum atomic E-state index is 12.2. The highest BCUT2D eigenvalue weighted by atomic mass is 127. The molecule has 198 valence electrons. The normalized spacial score (nSPS) is 12.9. The van der Waals surface area contributed by atoms with Crippen LogP contribution >= 0.6 is 21.2 Å². The Bertz CT molecular complexity index is 1640. The fourth-order valence-corrected chi connectivity index (χ4v) is 5.58. The molecule has 3 aromatic carbocycles. The predicted molar refractivity (Wildman–Crippen MR) is 158 cm³/mol. The molecule has 4 rings (SSSR count). The number of rotatable bonds is 10. The molecule has 1 atom stereocenters. The number of nitrogens with one attached hydrogen (secondary N) is 3. The minimum atomic E-state index is -3.27. The van der Waals surface area contributed by atoms with Crippen LogP contribution in [0.25, 0.3) is 11.1 Å². The van der Waals surface area contributed by atoms with Crippen LogP contribution in [-0.4, -0.2) is 35.5 Å². The van der Waals surface area contributed by atoms with Crippen molar-refractivity contribution in [1.82, 2.24) is 9.97 Å². The highest BCUT2D eigenvalue weighted by molar-refractivity contribution is 14.2. The van der Waals surface area contributed by atoms with E-state index in [9.17, 15) is 12.6 Å². The molecule has 0 bridgehead atoms. The summed E-state index contributed by atoms with van der Waals surface area (Å²) in [6, 6.07) is 21.1. The van der Waals surface area contributed by atoms with Crippen LogP contribution in [0.3, 0.4) is 0 Å². The van der Waals surface area contributed by atoms with Gasteiger partial charge in [-0.3, -0.25) is 0 Å². The smallest absolute Gasteiger partial charge is 0.229 e. The number of benzene rings is 3. The Labute approximate surface area is 234 Å². The lowest BCUT2D eigenvalue weighted by Gasteiger charge is -2.14. The molecule has 9 nitrogen and oxygen atoms in total. The summed E-state index contributed by atoms with van der Waals surface area (Å²) < 4.78 is 49.1. The average molecular weight is 664 g/mol. The number of aromatic nitrogens is 2. The first-order chi connectivity index (χ1) is 18.0. The maximum absolute atomic E-state index is 12.2. The Morgan fingerprint density at radius 2 is 1.68 bits per heavy atom. The van der Waals surface area contributed by atoms with Crippen molar-refractivity contribution in [3.05, 3.63) is 84.6 Å². The Hall–Kier alpha value is -3.23. The van der Waals surface area contributed by atoms with Crippen molar-refractivity contribution < 1.29 is 17.4 Å². The van der Waals surface area contributed by atoms with Crippen LogP contribution in [0.2, 0.25) is 0 Å². The lowest BCUT2D eigenvalue weighted by atomic mass is 10.1. The third-order valence-corrected chi connectivity index (χ3v) is 8.98. The highest BCUT2D eigenvalue weighted by Gasteiger charge is 2.13. The van der Waals surface area contributed by atoms with Crippen molar-refractivity contribution in [2.45, 2.75) is 23.3 Å². The van der Waals surface area contributed by atoms with Gasteiger partial charge in [0.1, 0.15) is 18.5 Å². The molecule has 0 saturated carbocycles. The molecule has 12 heteroatoms. The average Bonchev–Trinajstić information content (AvgIpc) is 2.88. The zero-order chi connectivity index (χ0) is 27.3. The summed E-state index contributed by atoms with van der Waals surface area (Å²) in [5.74, 6) is 1.64. The maximum Gasteiger partial charge on any atom is 0.229 e. The Balaban J connectivity index is 1.64. The van der Waals surface area contributed by atoms with E-state index >= 15 is 0 Å². The monoisotopic (exact) mass is 663 g/mol. The molecule has 0 saturated heterocycles. The second kappa shape index (κ2) is 11.7. The SMILES string of the molecule is CCOc1ccc(-c2cnc(Nc3cccc(S(=N)(=O)I)c3)nc2NCc2ccc(S(C)(=O)=O)cc2)cc1. The van der Waals surface area contributed by atoms with Gasteiger partial charge in [0.25, 0.3) is 0 Å². The van der Waals surface area contributed by atoms with Gasteiger partial charge in [-0.1, -0.05) is 30.3 Å². The molecular formula is C26H26IN5O4S2. The predicted octanol–water partition coefficient (Wildman–Crippen LogP) is 6.06. The van der Waals surface area contributed by atoms with E-state index in [0.717, 1.165) is 22.4 Å². The quantitative estimate of drug-likeness (QED) is 0.138. The van der Waals surface area contributed by atoms with Crippen LogP contribution in [0.1, 0.15) is 12.5 Å². The zero-order valence-electron chi connectivity index (χ0n) is 20.6. The number of nitrogens with zero attached hydrogens (tertiary/aromatic N) is 2. The first-order valence-electron chi connectivity index (χ1n) is 11.5. The summed E-state index contributed by atoms with van der Waals surface area (Å²) in [7, 11) is -3.27. The zero-order valence-corrected chi connectivity index (χ0v) is 24.4. The molecule has 38 heavy (non-hydrogen) atoms. The van der Waals surface area contributed by atoms with Crippen molar-refractivity contribution in [2.24, 2.45) is 0 Å². The first-order valence-corrected chi connectivity index (χ1v) is 17.5. The van der Waals surface area contributed by atoms with Gasteiger partial charge in [0.2, 0.25) is 5.95 Å². The lowest BCUT2D eigenvalue weighted by Crippen LogP contribution is -2.07. The van der Waals surface area contributed by atoms with E-state index in [2.05, 4.69) is 20.6 Å². The van der Waals surface area contributed by atoms with Crippen LogP contribution < -0.4 is 15.4 Å². The standard InChI is InChI=1S/C26H26IN5O4S2/c1-3-36-21-11-9-19(10-12-21)24-17-30-26(31-20-5-4-6-23(15-20)38(27,28)35)32-25(24)29-16-18-7-13-22(14-8-18)37(2,33)34/h4-15,17,28H,3,16H2,1-2H3,(H2,29,30,31,32). The van der Waals surface area contributed by atoms with Crippen molar-refractivity contribution in [3.63, 3.8) is 0 Å². The van der Waals surface area contributed by atoms with E-state index in [-0.39, 0.29) is 4.90 Å². The molecule has 4 aromatic rings. The molecule has 0 amide bonds. The van der Waals surface area contributed by atoms with E-state index in [1.54, 1.807) is 75.9 Å². The largest absolute Gasteiger partial charge is 0.494 e. The summed E-state index contributed by atoms with van der Waals surface area (Å²) >= 11 is 1.62. The highest BCUT2D eigenvalue weighted by Crippen LogP contribution is 2.30. The van der Waals surface area contributed by atoms with E-state index in [1.807, 2.05) is 31.2 Å². The molecule has 0 aliphatic heterocycles. The van der Waals surface area contributed by atoms with E-state index in [4.69, 9.17) is 9.52 Å². The van der Waals surface area contributed by atoms with Crippen LogP contribution in [-0.2, 0) is 23.3 Å². The number of anilines is 3. The number of ether oxygens (including phenoxy) is 1. The molecule has 0 aliphatic rings. The summed E-state index contributed by atoms with van der Waals surface area (Å²) in [5.41, 5.74) is 3.13. The molecular weight excluding hydrogens is 637 g/mol. The van der Waals surface area contributed by atoms with Gasteiger partial charge >= 0.3 is 0 Å². The van der Waals surface area contributed by atoms with Crippen LogP contribution in [0.15, 0.2) is 88.8 Å². The molecule has 3 N–H and O–H groups in total. The van der Waals surface area contributed by atoms with Crippen molar-refractivity contribution >= 4 is 55.4 Å². The second-order valence-electron chi connectivity index (χ2n) is 8.32. The summed E-state index contributed by atoms with van der Waals surface area (Å²) in [4.78, 5) is 9.81. The fourth-order valence-electron chi connectivity index (χ4n) is 3.59. The summed E-state index contributed by atoms with van der Waals surface area (Å²) in [6.07, 6.45) is 2.88. The van der Waals surface area contributed by atoms with E-state index in [0.29, 0.717) is 35.5 Å². The van der Waals surface area contributed by atoms with Crippen LogP contribution in [0, 0.1) is 4.78 Å². The van der Waals surface area contributed by atoms with Gasteiger partial charge in [-0.05, 0) is 60.5 Å². The molecule has 0 aliphatic carbocycles. The number of sulfone groups is 1. The second-order valence-corrected chi connectivity index (χ2v) is 15.5. The molecule has 0 radical (unpaired) electrons. The Morgan fingerprint density at radius 1 is 0.974 bits per heavy atom.